The molecule has 0 spiro atoms. The van der Waals surface area contributed by atoms with E-state index in [2.05, 4.69) is 4.74 Å². The Morgan fingerprint density at radius 2 is 1.42 bits per heavy atom. The Labute approximate surface area is 213 Å². The summed E-state index contributed by atoms with van der Waals surface area (Å²) >= 11 is 0. The zero-order chi connectivity index (χ0) is 27.6. The molecule has 4 rings (SSSR count). The molecular formula is C28H22F8O2. The topological polar surface area (TPSA) is 18.5 Å². The fourth-order valence-corrected chi connectivity index (χ4v) is 4.36. The minimum atomic E-state index is -4.64. The fraction of sp³-hybridized carbons (Fsp3) is 0.286. The van der Waals surface area contributed by atoms with Gasteiger partial charge in [0.15, 0.2) is 11.6 Å². The zero-order valence-electron chi connectivity index (χ0n) is 20.1. The van der Waals surface area contributed by atoms with E-state index < -0.39 is 63.5 Å². The van der Waals surface area contributed by atoms with E-state index in [-0.39, 0.29) is 11.5 Å². The number of rotatable bonds is 8. The highest BCUT2D eigenvalue weighted by Crippen LogP contribution is 2.39. The van der Waals surface area contributed by atoms with Gasteiger partial charge in [0.1, 0.15) is 34.6 Å². The molecule has 0 fully saturated rings. The van der Waals surface area contributed by atoms with Crippen molar-refractivity contribution in [1.82, 2.24) is 0 Å². The van der Waals surface area contributed by atoms with E-state index in [0.29, 0.717) is 62.3 Å². The maximum atomic E-state index is 14.8. The Bertz CT molecular complexity index is 1320. The Morgan fingerprint density at radius 1 is 0.789 bits per heavy atom. The first kappa shape index (κ1) is 27.6. The van der Waals surface area contributed by atoms with Gasteiger partial charge in [-0.05, 0) is 73.1 Å². The van der Waals surface area contributed by atoms with Crippen LogP contribution in [0.5, 0.6) is 5.75 Å². The van der Waals surface area contributed by atoms with Gasteiger partial charge in [0.25, 0.3) is 0 Å². The molecule has 0 bridgehead atoms. The van der Waals surface area contributed by atoms with Crippen molar-refractivity contribution in [2.24, 2.45) is 5.92 Å². The SMILES string of the molecule is CCOCC1CC=C(c2cc(F)c(C(F)(F)Oc3cc(F)c(-c4ccc(F)c(F)c4)c(F)c3)c(F)c2)CC1. The molecule has 1 atom stereocenters. The summed E-state index contributed by atoms with van der Waals surface area (Å²) in [5, 5.41) is 0. The lowest BCUT2D eigenvalue weighted by molar-refractivity contribution is -0.189. The smallest absolute Gasteiger partial charge is 0.429 e. The van der Waals surface area contributed by atoms with E-state index in [4.69, 9.17) is 4.74 Å². The molecule has 0 heterocycles. The van der Waals surface area contributed by atoms with Gasteiger partial charge in [-0.25, -0.2) is 26.3 Å². The monoisotopic (exact) mass is 542 g/mol. The molecule has 1 aliphatic carbocycles. The van der Waals surface area contributed by atoms with Crippen molar-refractivity contribution < 1.29 is 44.6 Å². The Morgan fingerprint density at radius 3 is 1.97 bits per heavy atom. The lowest BCUT2D eigenvalue weighted by Gasteiger charge is -2.23. The van der Waals surface area contributed by atoms with E-state index in [9.17, 15) is 35.1 Å². The quantitative estimate of drug-likeness (QED) is 0.266. The summed E-state index contributed by atoms with van der Waals surface area (Å²) in [6, 6.07) is 4.28. The third kappa shape index (κ3) is 5.85. The van der Waals surface area contributed by atoms with Gasteiger partial charge in [-0.15, -0.1) is 0 Å². The highest BCUT2D eigenvalue weighted by atomic mass is 19.3. The molecule has 10 heteroatoms. The minimum Gasteiger partial charge on any atom is -0.429 e. The summed E-state index contributed by atoms with van der Waals surface area (Å²) in [6.07, 6.45) is -1.06. The summed E-state index contributed by atoms with van der Waals surface area (Å²) in [5.74, 6) is -9.53. The molecule has 0 aromatic heterocycles. The number of hydrogen-bond donors (Lipinski definition) is 0. The number of benzene rings is 3. The first-order valence-corrected chi connectivity index (χ1v) is 11.8. The lowest BCUT2D eigenvalue weighted by Crippen LogP contribution is -2.25. The number of ether oxygens (including phenoxy) is 2. The largest absolute Gasteiger partial charge is 0.432 e. The van der Waals surface area contributed by atoms with Crippen LogP contribution >= 0.6 is 0 Å². The summed E-state index contributed by atoms with van der Waals surface area (Å²) in [6.45, 7) is 2.99. The Balaban J connectivity index is 1.58. The molecule has 38 heavy (non-hydrogen) atoms. The predicted octanol–water partition coefficient (Wildman–Crippen LogP) is 8.54. The van der Waals surface area contributed by atoms with Gasteiger partial charge in [0.2, 0.25) is 0 Å². The maximum absolute atomic E-state index is 14.8. The third-order valence-electron chi connectivity index (χ3n) is 6.25. The molecule has 2 nitrogen and oxygen atoms in total. The van der Waals surface area contributed by atoms with Crippen LogP contribution in [-0.2, 0) is 10.8 Å². The summed E-state index contributed by atoms with van der Waals surface area (Å²) in [4.78, 5) is 0. The molecule has 0 amide bonds. The first-order chi connectivity index (χ1) is 18.0. The van der Waals surface area contributed by atoms with E-state index in [0.717, 1.165) is 18.2 Å². The van der Waals surface area contributed by atoms with E-state index in [1.54, 1.807) is 6.08 Å². The highest BCUT2D eigenvalue weighted by Gasteiger charge is 2.41. The molecule has 0 N–H and O–H groups in total. The summed E-state index contributed by atoms with van der Waals surface area (Å²) in [7, 11) is 0. The van der Waals surface area contributed by atoms with Crippen molar-refractivity contribution in [3.05, 3.63) is 94.6 Å². The van der Waals surface area contributed by atoms with Gasteiger partial charge in [-0.1, -0.05) is 12.1 Å². The Kier molecular flexibility index (Phi) is 8.10. The second-order valence-electron chi connectivity index (χ2n) is 8.85. The van der Waals surface area contributed by atoms with Crippen LogP contribution < -0.4 is 4.74 Å². The molecular weight excluding hydrogens is 520 g/mol. The van der Waals surface area contributed by atoms with Crippen molar-refractivity contribution in [1.29, 1.82) is 0 Å². The fourth-order valence-electron chi connectivity index (χ4n) is 4.36. The van der Waals surface area contributed by atoms with Gasteiger partial charge in [-0.3, -0.25) is 0 Å². The van der Waals surface area contributed by atoms with Gasteiger partial charge in [0, 0.05) is 25.3 Å². The van der Waals surface area contributed by atoms with Crippen LogP contribution in [-0.4, -0.2) is 13.2 Å². The average Bonchev–Trinajstić information content (AvgIpc) is 2.84. The van der Waals surface area contributed by atoms with Crippen molar-refractivity contribution in [3.63, 3.8) is 0 Å². The summed E-state index contributed by atoms with van der Waals surface area (Å²) < 4.78 is 125. The molecule has 0 saturated heterocycles. The number of hydrogen-bond acceptors (Lipinski definition) is 2. The van der Waals surface area contributed by atoms with E-state index in [1.165, 1.54) is 0 Å². The predicted molar refractivity (Wildman–Crippen MR) is 124 cm³/mol. The van der Waals surface area contributed by atoms with Crippen LogP contribution in [0.1, 0.15) is 37.3 Å². The first-order valence-electron chi connectivity index (χ1n) is 11.8. The molecule has 202 valence electrons. The third-order valence-corrected chi connectivity index (χ3v) is 6.25. The molecule has 1 aliphatic rings. The van der Waals surface area contributed by atoms with E-state index >= 15 is 0 Å². The maximum Gasteiger partial charge on any atom is 0.432 e. The van der Waals surface area contributed by atoms with Crippen LogP contribution in [0.15, 0.2) is 48.5 Å². The van der Waals surface area contributed by atoms with Crippen LogP contribution in [0.25, 0.3) is 16.7 Å². The standard InChI is InChI=1S/C28H22F8O2/c1-2-37-14-15-3-5-16(6-4-15)18-10-24(33)27(25(34)11-18)28(35,36)38-19-12-22(31)26(23(32)13-19)17-7-8-20(29)21(30)9-17/h5,7-13,15H,2-4,6,14H2,1H3. The second kappa shape index (κ2) is 11.1. The highest BCUT2D eigenvalue weighted by molar-refractivity contribution is 5.67. The van der Waals surface area contributed by atoms with Crippen LogP contribution in [0.2, 0.25) is 0 Å². The number of halogens is 8. The van der Waals surface area contributed by atoms with Crippen molar-refractivity contribution >= 4 is 5.57 Å². The average molecular weight is 542 g/mol. The minimum absolute atomic E-state index is 0.0994. The number of allylic oxidation sites excluding steroid dienone is 2. The molecule has 0 aliphatic heterocycles. The van der Waals surface area contributed by atoms with Gasteiger partial charge >= 0.3 is 6.11 Å². The molecule has 3 aromatic rings. The van der Waals surface area contributed by atoms with Crippen LogP contribution in [0.4, 0.5) is 35.1 Å². The summed E-state index contributed by atoms with van der Waals surface area (Å²) in [5.41, 5.74) is -2.25. The molecule has 0 radical (unpaired) electrons. The van der Waals surface area contributed by atoms with Crippen molar-refractivity contribution in [2.75, 3.05) is 13.2 Å². The van der Waals surface area contributed by atoms with E-state index in [1.807, 2.05) is 6.92 Å². The molecule has 3 aromatic carbocycles. The van der Waals surface area contributed by atoms with Crippen LogP contribution in [0, 0.1) is 40.8 Å². The van der Waals surface area contributed by atoms with Crippen molar-refractivity contribution in [2.45, 2.75) is 32.3 Å². The van der Waals surface area contributed by atoms with Crippen molar-refractivity contribution in [3.8, 4) is 16.9 Å². The normalized spacial score (nSPS) is 15.9. The number of alkyl halides is 2. The molecule has 0 saturated carbocycles. The second-order valence-corrected chi connectivity index (χ2v) is 8.85. The van der Waals surface area contributed by atoms with Gasteiger partial charge in [-0.2, -0.15) is 8.78 Å². The molecule has 1 unspecified atom stereocenters. The van der Waals surface area contributed by atoms with Gasteiger partial charge < -0.3 is 9.47 Å². The lowest BCUT2D eigenvalue weighted by atomic mass is 9.86. The zero-order valence-corrected chi connectivity index (χ0v) is 20.1. The Hall–Kier alpha value is -3.40. The van der Waals surface area contributed by atoms with Gasteiger partial charge in [0.05, 0.1) is 5.56 Å². The van der Waals surface area contributed by atoms with Crippen LogP contribution in [0.3, 0.4) is 0 Å².